The van der Waals surface area contributed by atoms with Crippen LogP contribution in [0.5, 0.6) is 0 Å². The molecular weight excluding hydrogens is 1370 g/mol. The summed E-state index contributed by atoms with van der Waals surface area (Å²) in [5.74, 6) is -4.89. The Labute approximate surface area is 599 Å². The zero-order chi connectivity index (χ0) is 75.8. The second-order valence-electron chi connectivity index (χ2n) is 25.6. The lowest BCUT2D eigenvalue weighted by molar-refractivity contribution is -0.272. The summed E-state index contributed by atoms with van der Waals surface area (Å²) in [4.78, 5) is 116. The number of rotatable bonds is 51. The molecule has 20 atom stereocenters. The summed E-state index contributed by atoms with van der Waals surface area (Å²) in [5.41, 5.74) is 0. The molecule has 9 amide bonds. The SMILES string of the molecule is CCO[C@H]1C[C@H](O)[C@H](NC(=O)CCCCCCCCCCC(=O)NC(CCC(=O)NC(CCC(=O)NCCOCCOC2O[C@H](CO)C(O)C(O)C2NC(C)=O)C(=O)NCCOCCOC2OC(CO)C(O)C(O)C2NC(C)=O)C(=O)NCCOCCOC2OC(CO)C(O)C(O)C2NC(C)=O)C1. The molecule has 3 saturated heterocycles. The van der Waals surface area contributed by atoms with Gasteiger partial charge in [0.15, 0.2) is 18.9 Å². The van der Waals surface area contributed by atoms with Crippen molar-refractivity contribution in [3.63, 3.8) is 0 Å². The summed E-state index contributed by atoms with van der Waals surface area (Å²) in [6.45, 7) is 2.88. The standard InChI is InChI=1S/C65H115N9O29/c1-5-97-40-32-43(44(81)33-40)74-50(84)15-13-11-9-7-6-8-10-12-14-49(83)72-42(62(93)68-22-25-96-28-31-100-65-54(71-39(4)80)60(91)57(88)47(36-77)103-65)17-19-51(85)73-41(61(92)67-21-24-95-27-30-99-64-53(70-38(3)79)59(90)56(87)46(35-76)102-64)16-18-48(82)66-20-23-94-26-29-98-63-52(69-37(2)78)58(89)55(86)45(34-75)101-63/h40-47,52-60,63-65,75-77,81,86-91H,5-36H2,1-4H3,(H,66,82)(H,67,92)(H,68,93)(H,69,78)(H,70,79)(H,71,80)(H,72,83)(H,73,85)(H,74,84)/t40-,41?,42?,43-,44+,45-,46?,47?,52?,53?,54?,55?,56?,57?,58?,59?,60?,63?,64?,65?/m1/s1. The van der Waals surface area contributed by atoms with Crippen molar-refractivity contribution in [3.8, 4) is 0 Å². The van der Waals surface area contributed by atoms with E-state index in [1.165, 1.54) is 20.8 Å². The first-order valence-corrected chi connectivity index (χ1v) is 35.6. The third kappa shape index (κ3) is 33.4. The Bertz CT molecular complexity index is 2520. The molecule has 0 aromatic heterocycles. The number of ether oxygens (including phenoxy) is 10. The maximum Gasteiger partial charge on any atom is 0.242 e. The van der Waals surface area contributed by atoms with Crippen LogP contribution in [-0.4, -0.2) is 332 Å². The Morgan fingerprint density at radius 3 is 1.12 bits per heavy atom. The minimum absolute atomic E-state index is 0.0205. The number of hydrogen-bond acceptors (Lipinski definition) is 29. The zero-order valence-electron chi connectivity index (χ0n) is 59.4. The number of aliphatic hydroxyl groups is 10. The average molecular weight is 1490 g/mol. The molecule has 4 fully saturated rings. The second kappa shape index (κ2) is 50.1. The predicted octanol–water partition coefficient (Wildman–Crippen LogP) is -7.26. The van der Waals surface area contributed by atoms with Crippen LogP contribution >= 0.6 is 0 Å². The van der Waals surface area contributed by atoms with E-state index in [2.05, 4.69) is 47.9 Å². The van der Waals surface area contributed by atoms with Crippen molar-refractivity contribution in [2.24, 2.45) is 0 Å². The number of carbonyl (C=O) groups excluding carboxylic acids is 9. The third-order valence-corrected chi connectivity index (χ3v) is 17.4. The van der Waals surface area contributed by atoms with Crippen LogP contribution < -0.4 is 47.9 Å². The smallest absolute Gasteiger partial charge is 0.242 e. The van der Waals surface area contributed by atoms with Gasteiger partial charge in [-0.25, -0.2) is 0 Å². The zero-order valence-corrected chi connectivity index (χ0v) is 59.4. The van der Waals surface area contributed by atoms with Crippen molar-refractivity contribution in [2.75, 3.05) is 106 Å². The van der Waals surface area contributed by atoms with Gasteiger partial charge in [-0.05, 0) is 39.0 Å². The molecule has 1 saturated carbocycles. The molecule has 38 nitrogen and oxygen atoms in total. The first-order chi connectivity index (χ1) is 49.3. The van der Waals surface area contributed by atoms with Crippen LogP contribution in [0.3, 0.4) is 0 Å². The number of unbranched alkanes of at least 4 members (excludes halogenated alkanes) is 7. The molecule has 594 valence electrons. The molecule has 19 N–H and O–H groups in total. The number of carbonyl (C=O) groups is 9. The van der Waals surface area contributed by atoms with Crippen LogP contribution in [-0.2, 0) is 90.5 Å². The maximum atomic E-state index is 13.8. The lowest BCUT2D eigenvalue weighted by atomic mass is 9.97. The van der Waals surface area contributed by atoms with Gasteiger partial charge >= 0.3 is 0 Å². The van der Waals surface area contributed by atoms with Crippen molar-refractivity contribution in [3.05, 3.63) is 0 Å². The summed E-state index contributed by atoms with van der Waals surface area (Å²) in [6, 6.07) is -6.47. The average Bonchev–Trinajstić information content (AvgIpc) is 1.70. The normalized spacial score (nSPS) is 28.3. The Morgan fingerprint density at radius 2 is 0.748 bits per heavy atom. The Morgan fingerprint density at radius 1 is 0.398 bits per heavy atom. The van der Waals surface area contributed by atoms with Crippen LogP contribution in [0.4, 0.5) is 0 Å². The number of aliphatic hydroxyl groups excluding tert-OH is 10. The third-order valence-electron chi connectivity index (χ3n) is 17.4. The van der Waals surface area contributed by atoms with E-state index in [-0.39, 0.29) is 123 Å². The highest BCUT2D eigenvalue weighted by Gasteiger charge is 2.48. The molecule has 0 bridgehead atoms. The summed E-state index contributed by atoms with van der Waals surface area (Å²) in [6.07, 6.45) is -10.7. The van der Waals surface area contributed by atoms with Gasteiger partial charge in [-0.15, -0.1) is 0 Å². The molecule has 38 heteroatoms. The minimum Gasteiger partial charge on any atom is -0.394 e. The number of amides is 9. The number of nitrogens with one attached hydrogen (secondary N) is 9. The fourth-order valence-corrected chi connectivity index (χ4v) is 11.9. The molecule has 16 unspecified atom stereocenters. The van der Waals surface area contributed by atoms with Crippen LogP contribution in [0, 0.1) is 0 Å². The van der Waals surface area contributed by atoms with Gasteiger partial charge in [-0.2, -0.15) is 0 Å². The maximum absolute atomic E-state index is 13.8. The Hall–Kier alpha value is -5.57. The van der Waals surface area contributed by atoms with Crippen molar-refractivity contribution in [1.82, 2.24) is 47.9 Å². The number of hydrogen-bond donors (Lipinski definition) is 19. The van der Waals surface area contributed by atoms with Crippen LogP contribution in [0.1, 0.15) is 130 Å². The Kier molecular flexibility index (Phi) is 43.7. The topological polar surface area (TPSA) is 556 Å². The van der Waals surface area contributed by atoms with Gasteiger partial charge in [-0.3, -0.25) is 43.2 Å². The first-order valence-electron chi connectivity index (χ1n) is 35.6. The summed E-state index contributed by atoms with van der Waals surface area (Å²) in [7, 11) is 0. The monoisotopic (exact) mass is 1490 g/mol. The largest absolute Gasteiger partial charge is 0.394 e. The highest BCUT2D eigenvalue weighted by molar-refractivity contribution is 5.90. The van der Waals surface area contributed by atoms with Gasteiger partial charge < -0.3 is 146 Å². The van der Waals surface area contributed by atoms with Crippen molar-refractivity contribution >= 4 is 53.2 Å². The van der Waals surface area contributed by atoms with E-state index in [1.54, 1.807) is 0 Å². The molecular formula is C65H115N9O29. The minimum atomic E-state index is -1.54. The van der Waals surface area contributed by atoms with E-state index in [1.807, 2.05) is 6.92 Å². The molecule has 4 aliphatic rings. The highest BCUT2D eigenvalue weighted by Crippen LogP contribution is 2.26. The summed E-state index contributed by atoms with van der Waals surface area (Å²) in [5, 5.41) is 125. The van der Waals surface area contributed by atoms with Crippen molar-refractivity contribution < 1.29 is 142 Å². The highest BCUT2D eigenvalue weighted by atomic mass is 16.7. The van der Waals surface area contributed by atoms with Gasteiger partial charge in [-0.1, -0.05) is 38.5 Å². The molecule has 0 aromatic rings. The van der Waals surface area contributed by atoms with Crippen molar-refractivity contribution in [1.29, 1.82) is 0 Å². The van der Waals surface area contributed by atoms with Crippen molar-refractivity contribution in [2.45, 2.75) is 253 Å². The molecule has 0 spiro atoms. The van der Waals surface area contributed by atoms with Gasteiger partial charge in [0.1, 0.15) is 85.1 Å². The van der Waals surface area contributed by atoms with Gasteiger partial charge in [0, 0.05) is 79.1 Å². The van der Waals surface area contributed by atoms with Gasteiger partial charge in [0.25, 0.3) is 0 Å². The van der Waals surface area contributed by atoms with Gasteiger partial charge in [0.2, 0.25) is 53.2 Å². The van der Waals surface area contributed by atoms with Crippen LogP contribution in [0.15, 0.2) is 0 Å². The molecule has 3 heterocycles. The molecule has 103 heavy (non-hydrogen) atoms. The fourth-order valence-electron chi connectivity index (χ4n) is 11.9. The molecule has 3 aliphatic heterocycles. The molecule has 4 rings (SSSR count). The van der Waals surface area contributed by atoms with E-state index in [9.17, 15) is 94.2 Å². The summed E-state index contributed by atoms with van der Waals surface area (Å²) >= 11 is 0. The predicted molar refractivity (Wildman–Crippen MR) is 357 cm³/mol. The van der Waals surface area contributed by atoms with Gasteiger partial charge in [0.05, 0.1) is 97.5 Å². The summed E-state index contributed by atoms with van der Waals surface area (Å²) < 4.78 is 56.0. The van der Waals surface area contributed by atoms with Crippen LogP contribution in [0.2, 0.25) is 0 Å². The molecule has 0 aromatic carbocycles. The second-order valence-corrected chi connectivity index (χ2v) is 25.6. The lowest BCUT2D eigenvalue weighted by Crippen LogP contribution is -2.64. The van der Waals surface area contributed by atoms with E-state index >= 15 is 0 Å². The van der Waals surface area contributed by atoms with E-state index in [0.717, 1.165) is 32.1 Å². The van der Waals surface area contributed by atoms with E-state index in [0.29, 0.717) is 45.1 Å². The fraction of sp³-hybridized carbons (Fsp3) is 0.862. The molecule has 0 radical (unpaired) electrons. The van der Waals surface area contributed by atoms with Crippen LogP contribution in [0.25, 0.3) is 0 Å². The molecule has 1 aliphatic carbocycles. The van der Waals surface area contributed by atoms with E-state index < -0.39 is 184 Å². The quantitative estimate of drug-likeness (QED) is 0.0252. The first kappa shape index (κ1) is 89.8. The van der Waals surface area contributed by atoms with E-state index in [4.69, 9.17) is 47.4 Å². The Balaban J connectivity index is 1.32. The lowest BCUT2D eigenvalue weighted by Gasteiger charge is -2.42.